The van der Waals surface area contributed by atoms with Gasteiger partial charge in [0, 0.05) is 10.9 Å². The Morgan fingerprint density at radius 2 is 2.20 bits per heavy atom. The van der Waals surface area contributed by atoms with Crippen molar-refractivity contribution in [3.63, 3.8) is 0 Å². The van der Waals surface area contributed by atoms with Crippen LogP contribution in [0.15, 0.2) is 29.0 Å². The number of aromatic nitrogens is 1. The fourth-order valence-electron chi connectivity index (χ4n) is 1.27. The summed E-state index contributed by atoms with van der Waals surface area (Å²) in [4.78, 5) is 4.14. The van der Waals surface area contributed by atoms with Gasteiger partial charge in [-0.25, -0.2) is 4.98 Å². The lowest BCUT2D eigenvalue weighted by Gasteiger charge is -1.87. The molecule has 15 heavy (non-hydrogen) atoms. The minimum atomic E-state index is 0.529. The van der Waals surface area contributed by atoms with E-state index in [2.05, 4.69) is 18.1 Å². The van der Waals surface area contributed by atoms with Gasteiger partial charge >= 0.3 is 0 Å². The quantitative estimate of drug-likeness (QED) is 0.860. The van der Waals surface area contributed by atoms with E-state index >= 15 is 0 Å². The first-order valence-electron chi connectivity index (χ1n) is 4.34. The molecule has 4 heteroatoms. The second kappa shape index (κ2) is 3.74. The van der Waals surface area contributed by atoms with Crippen molar-refractivity contribution in [2.75, 3.05) is 5.73 Å². The van der Waals surface area contributed by atoms with E-state index in [0.717, 1.165) is 11.3 Å². The molecule has 0 saturated heterocycles. The molecule has 2 rings (SSSR count). The molecule has 2 aromatic rings. The summed E-state index contributed by atoms with van der Waals surface area (Å²) in [5.74, 6) is 1.39. The molecule has 2 N–H and O–H groups in total. The zero-order chi connectivity index (χ0) is 10.8. The molecule has 2 heterocycles. The molecule has 0 aliphatic rings. The van der Waals surface area contributed by atoms with Crippen LogP contribution in [-0.4, -0.2) is 4.98 Å². The van der Waals surface area contributed by atoms with Crippen LogP contribution < -0.4 is 5.73 Å². The van der Waals surface area contributed by atoms with Crippen molar-refractivity contribution in [1.82, 2.24) is 4.98 Å². The van der Waals surface area contributed by atoms with Crippen molar-refractivity contribution in [2.24, 2.45) is 0 Å². The summed E-state index contributed by atoms with van der Waals surface area (Å²) >= 11 is 1.38. The molecular formula is C11H10N2OS. The lowest BCUT2D eigenvalue weighted by molar-refractivity contribution is 0.569. The average Bonchev–Trinajstić information content (AvgIpc) is 2.82. The first-order valence-corrected chi connectivity index (χ1v) is 5.22. The van der Waals surface area contributed by atoms with Crippen LogP contribution in [0.1, 0.15) is 11.3 Å². The Bertz CT molecular complexity index is 485. The smallest absolute Gasteiger partial charge is 0.180 e. The van der Waals surface area contributed by atoms with Crippen LogP contribution in [0.4, 0.5) is 5.13 Å². The van der Waals surface area contributed by atoms with E-state index in [1.807, 2.05) is 11.4 Å². The zero-order valence-corrected chi connectivity index (χ0v) is 8.88. The predicted octanol–water partition coefficient (Wildman–Crippen LogP) is 3.27. The van der Waals surface area contributed by atoms with Gasteiger partial charge in [-0.15, -0.1) is 11.3 Å². The van der Waals surface area contributed by atoms with Crippen LogP contribution in [0, 0.1) is 0 Å². The molecule has 2 aromatic heterocycles. The summed E-state index contributed by atoms with van der Waals surface area (Å²) < 4.78 is 5.55. The SMILES string of the molecule is C=Cc1cc(-c2csc(N)n2)oc1C=C. The van der Waals surface area contributed by atoms with Crippen molar-refractivity contribution >= 4 is 28.6 Å². The number of furan rings is 1. The lowest BCUT2D eigenvalue weighted by atomic mass is 10.2. The second-order valence-electron chi connectivity index (χ2n) is 2.91. The third kappa shape index (κ3) is 1.71. The molecule has 0 aromatic carbocycles. The van der Waals surface area contributed by atoms with Gasteiger partial charge in [-0.3, -0.25) is 0 Å². The maximum Gasteiger partial charge on any atom is 0.180 e. The number of anilines is 1. The third-order valence-electron chi connectivity index (χ3n) is 1.97. The van der Waals surface area contributed by atoms with Crippen LogP contribution in [0.3, 0.4) is 0 Å². The van der Waals surface area contributed by atoms with Crippen LogP contribution in [0.2, 0.25) is 0 Å². The van der Waals surface area contributed by atoms with E-state index in [9.17, 15) is 0 Å². The van der Waals surface area contributed by atoms with E-state index in [0.29, 0.717) is 16.7 Å². The second-order valence-corrected chi connectivity index (χ2v) is 3.80. The first kappa shape index (κ1) is 9.73. The molecule has 3 nitrogen and oxygen atoms in total. The Morgan fingerprint density at radius 3 is 2.67 bits per heavy atom. The molecule has 0 aliphatic heterocycles. The molecule has 0 atom stereocenters. The summed E-state index contributed by atoms with van der Waals surface area (Å²) in [5, 5.41) is 2.38. The first-order chi connectivity index (χ1) is 7.24. The molecule has 76 valence electrons. The molecule has 0 spiro atoms. The number of thiazole rings is 1. The summed E-state index contributed by atoms with van der Waals surface area (Å²) in [7, 11) is 0. The average molecular weight is 218 g/mol. The monoisotopic (exact) mass is 218 g/mol. The van der Waals surface area contributed by atoms with Crippen LogP contribution in [0.5, 0.6) is 0 Å². The van der Waals surface area contributed by atoms with Crippen molar-refractivity contribution in [2.45, 2.75) is 0 Å². The normalized spacial score (nSPS) is 10.1. The van der Waals surface area contributed by atoms with Gasteiger partial charge in [0.15, 0.2) is 10.9 Å². The molecule has 0 saturated carbocycles. The summed E-state index contributed by atoms with van der Waals surface area (Å²) in [6.07, 6.45) is 3.37. The summed E-state index contributed by atoms with van der Waals surface area (Å²) in [6, 6.07) is 1.87. The van der Waals surface area contributed by atoms with Crippen molar-refractivity contribution in [3.05, 3.63) is 35.9 Å². The fraction of sp³-hybridized carbons (Fsp3) is 0. The highest BCUT2D eigenvalue weighted by Crippen LogP contribution is 2.28. The maximum absolute atomic E-state index is 5.55. The van der Waals surface area contributed by atoms with Crippen molar-refractivity contribution in [3.8, 4) is 11.5 Å². The van der Waals surface area contributed by atoms with Crippen molar-refractivity contribution < 1.29 is 4.42 Å². The third-order valence-corrected chi connectivity index (χ3v) is 2.64. The number of nitrogens with two attached hydrogens (primary N) is 1. The molecule has 0 fully saturated rings. The molecular weight excluding hydrogens is 208 g/mol. The Hall–Kier alpha value is -1.81. The minimum absolute atomic E-state index is 0.529. The van der Waals surface area contributed by atoms with Crippen LogP contribution in [-0.2, 0) is 0 Å². The largest absolute Gasteiger partial charge is 0.454 e. The van der Waals surface area contributed by atoms with Gasteiger partial charge in [0.25, 0.3) is 0 Å². The van der Waals surface area contributed by atoms with Gasteiger partial charge in [-0.1, -0.05) is 19.2 Å². The summed E-state index contributed by atoms with van der Waals surface area (Å²) in [5.41, 5.74) is 7.20. The van der Waals surface area contributed by atoms with Gasteiger partial charge in [0.2, 0.25) is 0 Å². The zero-order valence-electron chi connectivity index (χ0n) is 8.06. The molecule has 0 unspecified atom stereocenters. The topological polar surface area (TPSA) is 52.0 Å². The van der Waals surface area contributed by atoms with Crippen LogP contribution >= 0.6 is 11.3 Å². The Kier molecular flexibility index (Phi) is 2.43. The minimum Gasteiger partial charge on any atom is -0.454 e. The van der Waals surface area contributed by atoms with Gasteiger partial charge < -0.3 is 10.2 Å². The van der Waals surface area contributed by atoms with Crippen molar-refractivity contribution in [1.29, 1.82) is 0 Å². The van der Waals surface area contributed by atoms with E-state index in [1.54, 1.807) is 12.2 Å². The Morgan fingerprint density at radius 1 is 1.40 bits per heavy atom. The van der Waals surface area contributed by atoms with Gasteiger partial charge in [-0.2, -0.15) is 0 Å². The van der Waals surface area contributed by atoms with E-state index in [1.165, 1.54) is 11.3 Å². The number of nitrogen functional groups attached to an aromatic ring is 1. The highest BCUT2D eigenvalue weighted by atomic mass is 32.1. The Labute approximate surface area is 91.6 Å². The standard InChI is InChI=1S/C11H10N2OS/c1-3-7-5-10(14-9(7)4-2)8-6-15-11(12)13-8/h3-6H,1-2H2,(H2,12,13). The number of nitrogens with zero attached hydrogens (tertiary/aromatic N) is 1. The van der Waals surface area contributed by atoms with E-state index in [-0.39, 0.29) is 0 Å². The number of hydrogen-bond acceptors (Lipinski definition) is 4. The molecule has 0 aliphatic carbocycles. The number of hydrogen-bond donors (Lipinski definition) is 1. The van der Waals surface area contributed by atoms with Crippen LogP contribution in [0.25, 0.3) is 23.6 Å². The van der Waals surface area contributed by atoms with Gasteiger partial charge in [0.1, 0.15) is 11.5 Å². The van der Waals surface area contributed by atoms with E-state index < -0.39 is 0 Å². The van der Waals surface area contributed by atoms with Gasteiger partial charge in [0.05, 0.1) is 0 Å². The lowest BCUT2D eigenvalue weighted by Crippen LogP contribution is -1.81. The predicted molar refractivity (Wildman–Crippen MR) is 64.4 cm³/mol. The maximum atomic E-state index is 5.55. The summed E-state index contributed by atoms with van der Waals surface area (Å²) in [6.45, 7) is 7.37. The molecule has 0 radical (unpaired) electrons. The Balaban J connectivity index is 2.49. The highest BCUT2D eigenvalue weighted by molar-refractivity contribution is 7.13. The molecule has 0 amide bonds. The molecule has 0 bridgehead atoms. The van der Waals surface area contributed by atoms with E-state index in [4.69, 9.17) is 10.2 Å². The highest BCUT2D eigenvalue weighted by Gasteiger charge is 2.10. The fourth-order valence-corrected chi connectivity index (χ4v) is 1.82. The van der Waals surface area contributed by atoms with Gasteiger partial charge in [-0.05, 0) is 12.1 Å². The number of rotatable bonds is 3.